The maximum absolute atomic E-state index is 14.5. The summed E-state index contributed by atoms with van der Waals surface area (Å²) < 4.78 is 6.73. The molecule has 0 saturated carbocycles. The van der Waals surface area contributed by atoms with E-state index in [1.54, 1.807) is 30.2 Å². The van der Waals surface area contributed by atoms with Gasteiger partial charge in [-0.3, -0.25) is 14.4 Å². The third-order valence-electron chi connectivity index (χ3n) is 8.47. The number of anilines is 1. The molecule has 3 amide bonds. The zero-order valence-electron chi connectivity index (χ0n) is 21.9. The van der Waals surface area contributed by atoms with Crippen molar-refractivity contribution in [2.75, 3.05) is 38.2 Å². The normalized spacial score (nSPS) is 31.8. The van der Waals surface area contributed by atoms with Gasteiger partial charge in [-0.15, -0.1) is 13.2 Å². The first-order chi connectivity index (χ1) is 17.5. The highest BCUT2D eigenvalue weighted by molar-refractivity contribution is 6.34. The molecule has 0 aliphatic carbocycles. The number of likely N-dealkylation sites (N-methyl/N-ethyl adjacent to an activating group) is 1. The number of hydrogen-bond donors (Lipinski definition) is 1. The Bertz CT molecular complexity index is 1120. The number of carbonyl (C=O) groups excluding carboxylic acids is 3. The summed E-state index contributed by atoms with van der Waals surface area (Å²) in [6.45, 7) is 13.4. The van der Waals surface area contributed by atoms with Gasteiger partial charge in [0.05, 0.1) is 34.8 Å². The van der Waals surface area contributed by atoms with Crippen LogP contribution in [0.5, 0.6) is 0 Å². The van der Waals surface area contributed by atoms with Crippen LogP contribution in [0.25, 0.3) is 0 Å². The second-order valence-electron chi connectivity index (χ2n) is 10.6. The first-order valence-corrected chi connectivity index (χ1v) is 13.0. The average molecular weight is 530 g/mol. The molecule has 1 aromatic carbocycles. The molecule has 6 atom stereocenters. The van der Waals surface area contributed by atoms with Gasteiger partial charge in [0.2, 0.25) is 11.8 Å². The maximum Gasteiger partial charge on any atom is 0.253 e. The number of aliphatic hydroxyl groups excluding tert-OH is 1. The number of fused-ring (bicyclic) bond motifs is 1. The summed E-state index contributed by atoms with van der Waals surface area (Å²) in [7, 11) is 1.68. The molecule has 3 unspecified atom stereocenters. The van der Waals surface area contributed by atoms with Crippen LogP contribution in [-0.4, -0.2) is 83.2 Å². The van der Waals surface area contributed by atoms with Crippen molar-refractivity contribution in [3.63, 3.8) is 0 Å². The molecule has 1 aromatic rings. The quantitative estimate of drug-likeness (QED) is 0.497. The topological polar surface area (TPSA) is 90.4 Å². The standard InChI is InChI=1S/C28H36ClN3O5/c1-7-12-30(6)24(34)20-21-25(35)32(14-15-33)23(28(21)16-18(4)27(20,5)37-28)26(36)31(13-8-2)22-17(3)10-9-11-19(22)29/h7-11,18,20-21,23,33H,1-2,12-16H2,3-6H3/t18?,20-,21+,23?,27+,28?/m1/s1. The lowest BCUT2D eigenvalue weighted by Gasteiger charge is -2.38. The van der Waals surface area contributed by atoms with Gasteiger partial charge in [0.15, 0.2) is 0 Å². The Labute approximate surface area is 223 Å². The molecule has 0 radical (unpaired) electrons. The molecule has 9 heteroatoms. The molecule has 3 saturated heterocycles. The van der Waals surface area contributed by atoms with E-state index in [1.165, 1.54) is 9.80 Å². The Hall–Kier alpha value is -2.68. The van der Waals surface area contributed by atoms with Crippen LogP contribution in [0.15, 0.2) is 43.5 Å². The van der Waals surface area contributed by atoms with E-state index < -0.39 is 29.1 Å². The van der Waals surface area contributed by atoms with Crippen LogP contribution in [-0.2, 0) is 19.1 Å². The first kappa shape index (κ1) is 27.4. The van der Waals surface area contributed by atoms with E-state index in [9.17, 15) is 19.5 Å². The van der Waals surface area contributed by atoms with Gasteiger partial charge in [0, 0.05) is 26.7 Å². The van der Waals surface area contributed by atoms with Crippen molar-refractivity contribution in [2.24, 2.45) is 17.8 Å². The van der Waals surface area contributed by atoms with E-state index in [0.29, 0.717) is 23.7 Å². The number of amides is 3. The maximum atomic E-state index is 14.5. The van der Waals surface area contributed by atoms with Gasteiger partial charge in [-0.25, -0.2) is 0 Å². The van der Waals surface area contributed by atoms with Crippen LogP contribution in [0.1, 0.15) is 25.8 Å². The minimum absolute atomic E-state index is 0.0468. The van der Waals surface area contributed by atoms with E-state index >= 15 is 0 Å². The zero-order chi connectivity index (χ0) is 27.3. The number of β-amino-alcohol motifs (C(OH)–C–C–N with tert-alkyl or cyclic N) is 1. The molecule has 3 aliphatic heterocycles. The van der Waals surface area contributed by atoms with Crippen LogP contribution >= 0.6 is 11.6 Å². The Kier molecular flexibility index (Phi) is 7.31. The van der Waals surface area contributed by atoms with Crippen molar-refractivity contribution in [3.05, 3.63) is 54.1 Å². The summed E-state index contributed by atoms with van der Waals surface area (Å²) in [5.74, 6) is -2.61. The van der Waals surface area contributed by atoms with Gasteiger partial charge >= 0.3 is 0 Å². The number of hydrogen-bond acceptors (Lipinski definition) is 5. The molecule has 4 rings (SSSR count). The van der Waals surface area contributed by atoms with E-state index in [4.69, 9.17) is 16.3 Å². The van der Waals surface area contributed by atoms with Crippen LogP contribution in [0.4, 0.5) is 5.69 Å². The lowest BCUT2D eigenvalue weighted by Crippen LogP contribution is -2.57. The van der Waals surface area contributed by atoms with E-state index in [2.05, 4.69) is 13.2 Å². The number of carbonyl (C=O) groups is 3. The molecule has 1 spiro atoms. The fourth-order valence-corrected chi connectivity index (χ4v) is 7.12. The fourth-order valence-electron chi connectivity index (χ4n) is 6.80. The van der Waals surface area contributed by atoms with E-state index in [1.807, 2.05) is 32.9 Å². The number of ether oxygens (including phenoxy) is 1. The minimum atomic E-state index is -1.21. The molecular weight excluding hydrogens is 494 g/mol. The molecule has 3 fully saturated rings. The summed E-state index contributed by atoms with van der Waals surface area (Å²) in [6, 6.07) is 4.36. The number of aliphatic hydroxyl groups is 1. The van der Waals surface area contributed by atoms with Gasteiger partial charge in [-0.05, 0) is 37.8 Å². The summed E-state index contributed by atoms with van der Waals surface area (Å²) in [6.07, 6.45) is 3.68. The third kappa shape index (κ3) is 3.92. The molecule has 3 heterocycles. The van der Waals surface area contributed by atoms with Crippen LogP contribution in [0, 0.1) is 24.7 Å². The first-order valence-electron chi connectivity index (χ1n) is 12.6. The highest BCUT2D eigenvalue weighted by atomic mass is 35.5. The fraction of sp³-hybridized carbons (Fsp3) is 0.536. The van der Waals surface area contributed by atoms with Crippen molar-refractivity contribution in [1.82, 2.24) is 9.80 Å². The van der Waals surface area contributed by atoms with Crippen LogP contribution < -0.4 is 4.90 Å². The number of nitrogens with zero attached hydrogens (tertiary/aromatic N) is 3. The molecular formula is C28H36ClN3O5. The third-order valence-corrected chi connectivity index (χ3v) is 8.78. The molecule has 3 aliphatic rings. The lowest BCUT2D eigenvalue weighted by molar-refractivity contribution is -0.150. The highest BCUT2D eigenvalue weighted by Crippen LogP contribution is 2.65. The highest BCUT2D eigenvalue weighted by Gasteiger charge is 2.80. The number of halogens is 1. The van der Waals surface area contributed by atoms with Crippen molar-refractivity contribution in [2.45, 2.75) is 44.4 Å². The predicted octanol–water partition coefficient (Wildman–Crippen LogP) is 2.81. The van der Waals surface area contributed by atoms with E-state index in [-0.39, 0.29) is 43.3 Å². The van der Waals surface area contributed by atoms with Gasteiger partial charge in [0.25, 0.3) is 5.91 Å². The molecule has 8 nitrogen and oxygen atoms in total. The molecule has 2 bridgehead atoms. The second kappa shape index (κ2) is 9.89. The summed E-state index contributed by atoms with van der Waals surface area (Å²) >= 11 is 6.56. The molecule has 1 N–H and O–H groups in total. The Morgan fingerprint density at radius 3 is 2.54 bits per heavy atom. The summed E-state index contributed by atoms with van der Waals surface area (Å²) in [4.78, 5) is 46.7. The minimum Gasteiger partial charge on any atom is -0.395 e. The van der Waals surface area contributed by atoms with Gasteiger partial charge in [-0.2, -0.15) is 0 Å². The van der Waals surface area contributed by atoms with E-state index in [0.717, 1.165) is 5.56 Å². The number of para-hydroxylation sites is 1. The second-order valence-corrected chi connectivity index (χ2v) is 11.0. The number of rotatable bonds is 9. The SMILES string of the molecule is C=CCN(C)C(=O)[C@H]1[C@H]2C(=O)N(CCO)C(C(=O)N(CC=C)c3c(C)cccc3Cl)C23CC(C)[C@]1(C)O3. The number of benzene rings is 1. The van der Waals surface area contributed by atoms with Crippen molar-refractivity contribution < 1.29 is 24.2 Å². The lowest BCUT2D eigenvalue weighted by atomic mass is 9.62. The predicted molar refractivity (Wildman–Crippen MR) is 142 cm³/mol. The van der Waals surface area contributed by atoms with Crippen molar-refractivity contribution >= 4 is 35.0 Å². The summed E-state index contributed by atoms with van der Waals surface area (Å²) in [5.41, 5.74) is -0.789. The van der Waals surface area contributed by atoms with Gasteiger partial charge in [0.1, 0.15) is 11.6 Å². The van der Waals surface area contributed by atoms with Crippen LogP contribution in [0.3, 0.4) is 0 Å². The molecule has 0 aromatic heterocycles. The Morgan fingerprint density at radius 2 is 1.95 bits per heavy atom. The smallest absolute Gasteiger partial charge is 0.253 e. The van der Waals surface area contributed by atoms with Gasteiger partial charge < -0.3 is 24.5 Å². The molecule has 37 heavy (non-hydrogen) atoms. The Morgan fingerprint density at radius 1 is 1.27 bits per heavy atom. The van der Waals surface area contributed by atoms with Crippen molar-refractivity contribution in [3.8, 4) is 0 Å². The largest absolute Gasteiger partial charge is 0.395 e. The zero-order valence-corrected chi connectivity index (χ0v) is 22.7. The Balaban J connectivity index is 1.86. The number of aryl methyl sites for hydroxylation is 1. The number of likely N-dealkylation sites (tertiary alicyclic amines) is 1. The summed E-state index contributed by atoms with van der Waals surface area (Å²) in [5, 5.41) is 10.3. The average Bonchev–Trinajstić information content (AvgIpc) is 3.35. The van der Waals surface area contributed by atoms with Crippen molar-refractivity contribution in [1.29, 1.82) is 0 Å². The van der Waals surface area contributed by atoms with Gasteiger partial charge in [-0.1, -0.05) is 42.8 Å². The monoisotopic (exact) mass is 529 g/mol. The van der Waals surface area contributed by atoms with Crippen LogP contribution in [0.2, 0.25) is 5.02 Å². The molecule has 200 valence electrons.